The van der Waals surface area contributed by atoms with E-state index in [0.717, 1.165) is 15.6 Å². The van der Waals surface area contributed by atoms with E-state index in [4.69, 9.17) is 0 Å². The number of ketones is 1. The first-order valence-electron chi connectivity index (χ1n) is 5.18. The number of benzene rings is 1. The third-order valence-corrected chi connectivity index (χ3v) is 4.30. The fourth-order valence-electron chi connectivity index (χ4n) is 1.38. The van der Waals surface area contributed by atoms with Gasteiger partial charge in [0.15, 0.2) is 11.6 Å². The number of hydrogen-bond donors (Lipinski definition) is 0. The Morgan fingerprint density at radius 3 is 2.83 bits per heavy atom. The third-order valence-electron chi connectivity index (χ3n) is 2.27. The fraction of sp³-hybridized carbons (Fsp3) is 0.0769. The molecule has 0 radical (unpaired) electrons. The molecule has 0 spiro atoms. The van der Waals surface area contributed by atoms with Gasteiger partial charge in [-0.15, -0.1) is 11.8 Å². The third kappa shape index (κ3) is 3.17. The normalized spacial score (nSPS) is 10.3. The van der Waals surface area contributed by atoms with E-state index >= 15 is 0 Å². The second kappa shape index (κ2) is 6.11. The Morgan fingerprint density at radius 1 is 1.33 bits per heavy atom. The van der Waals surface area contributed by atoms with Crippen LogP contribution in [0.3, 0.4) is 0 Å². The highest BCUT2D eigenvalue weighted by Gasteiger charge is 2.12. The maximum absolute atomic E-state index is 13.3. The average Bonchev–Trinajstić information content (AvgIpc) is 2.38. The van der Waals surface area contributed by atoms with Gasteiger partial charge in [-0.25, -0.2) is 4.39 Å². The summed E-state index contributed by atoms with van der Waals surface area (Å²) in [7, 11) is 0. The molecule has 0 atom stereocenters. The van der Waals surface area contributed by atoms with Crippen molar-refractivity contribution in [3.63, 3.8) is 0 Å². The minimum atomic E-state index is -0.574. The molecule has 1 aromatic carbocycles. The number of carbonyl (C=O) groups excluding carboxylic acids is 1. The Bertz CT molecular complexity index is 576. The Kier molecular flexibility index (Phi) is 4.49. The van der Waals surface area contributed by atoms with Gasteiger partial charge >= 0.3 is 0 Å². The van der Waals surface area contributed by atoms with Crippen molar-refractivity contribution in [1.29, 1.82) is 0 Å². The SMILES string of the molecule is O=C(CSc1ccccc1Br)c1ccncc1F. The molecule has 2 rings (SSSR count). The molecular weight excluding hydrogens is 317 g/mol. The van der Waals surface area contributed by atoms with Gasteiger partial charge in [0.05, 0.1) is 17.5 Å². The van der Waals surface area contributed by atoms with Crippen LogP contribution in [0, 0.1) is 5.82 Å². The van der Waals surface area contributed by atoms with Crippen molar-refractivity contribution in [2.24, 2.45) is 0 Å². The first-order chi connectivity index (χ1) is 8.68. The van der Waals surface area contributed by atoms with Crippen LogP contribution in [0.15, 0.2) is 52.1 Å². The Labute approximate surface area is 117 Å². The quantitative estimate of drug-likeness (QED) is 0.629. The van der Waals surface area contributed by atoms with Crippen molar-refractivity contribution in [3.05, 3.63) is 58.6 Å². The van der Waals surface area contributed by atoms with Crippen LogP contribution >= 0.6 is 27.7 Å². The number of thioether (sulfide) groups is 1. The van der Waals surface area contributed by atoms with Crippen molar-refractivity contribution in [3.8, 4) is 0 Å². The summed E-state index contributed by atoms with van der Waals surface area (Å²) < 4.78 is 14.3. The summed E-state index contributed by atoms with van der Waals surface area (Å²) in [5.41, 5.74) is 0.0875. The first kappa shape index (κ1) is 13.2. The number of carbonyl (C=O) groups is 1. The molecule has 0 aliphatic carbocycles. The number of hydrogen-bond acceptors (Lipinski definition) is 3. The predicted molar refractivity (Wildman–Crippen MR) is 73.4 cm³/mol. The highest BCUT2D eigenvalue weighted by atomic mass is 79.9. The summed E-state index contributed by atoms with van der Waals surface area (Å²) in [6, 6.07) is 9.01. The van der Waals surface area contributed by atoms with Gasteiger partial charge in [-0.1, -0.05) is 12.1 Å². The molecular formula is C13H9BrFNOS. The molecule has 2 aromatic rings. The van der Waals surface area contributed by atoms with Gasteiger partial charge in [0.1, 0.15) is 0 Å². The Morgan fingerprint density at radius 2 is 2.11 bits per heavy atom. The topological polar surface area (TPSA) is 30.0 Å². The van der Waals surface area contributed by atoms with Crippen molar-refractivity contribution >= 4 is 33.5 Å². The van der Waals surface area contributed by atoms with Crippen LogP contribution in [0.2, 0.25) is 0 Å². The number of aromatic nitrogens is 1. The molecule has 92 valence electrons. The summed E-state index contributed by atoms with van der Waals surface area (Å²) in [6.07, 6.45) is 2.47. The van der Waals surface area contributed by atoms with Gasteiger partial charge in [-0.05, 0) is 34.1 Å². The van der Waals surface area contributed by atoms with Gasteiger partial charge in [-0.3, -0.25) is 9.78 Å². The van der Waals surface area contributed by atoms with Gasteiger partial charge < -0.3 is 0 Å². The highest BCUT2D eigenvalue weighted by Crippen LogP contribution is 2.27. The van der Waals surface area contributed by atoms with E-state index in [2.05, 4.69) is 20.9 Å². The predicted octanol–water partition coefficient (Wildman–Crippen LogP) is 3.96. The molecule has 0 saturated heterocycles. The van der Waals surface area contributed by atoms with E-state index in [1.54, 1.807) is 0 Å². The molecule has 0 bridgehead atoms. The summed E-state index contributed by atoms with van der Waals surface area (Å²) >= 11 is 4.78. The summed E-state index contributed by atoms with van der Waals surface area (Å²) in [6.45, 7) is 0. The molecule has 0 N–H and O–H groups in total. The molecule has 0 fully saturated rings. The van der Waals surface area contributed by atoms with E-state index in [1.807, 2.05) is 24.3 Å². The van der Waals surface area contributed by atoms with Crippen molar-refractivity contribution in [1.82, 2.24) is 4.98 Å². The Balaban J connectivity index is 2.06. The van der Waals surface area contributed by atoms with E-state index in [-0.39, 0.29) is 17.1 Å². The lowest BCUT2D eigenvalue weighted by Gasteiger charge is -2.04. The zero-order valence-corrected chi connectivity index (χ0v) is 11.7. The van der Waals surface area contributed by atoms with Gasteiger partial charge in [-0.2, -0.15) is 0 Å². The van der Waals surface area contributed by atoms with Gasteiger partial charge in [0.25, 0.3) is 0 Å². The Hall–Kier alpha value is -1.20. The van der Waals surface area contributed by atoms with E-state index < -0.39 is 5.82 Å². The van der Waals surface area contributed by atoms with Crippen molar-refractivity contribution in [2.45, 2.75) is 4.90 Å². The average molecular weight is 326 g/mol. The maximum atomic E-state index is 13.3. The van der Waals surface area contributed by atoms with E-state index in [1.165, 1.54) is 24.0 Å². The number of rotatable bonds is 4. The number of halogens is 2. The molecule has 0 saturated carbocycles. The van der Waals surface area contributed by atoms with Crippen molar-refractivity contribution in [2.75, 3.05) is 5.75 Å². The lowest BCUT2D eigenvalue weighted by molar-refractivity contribution is 0.101. The highest BCUT2D eigenvalue weighted by molar-refractivity contribution is 9.10. The van der Waals surface area contributed by atoms with Crippen LogP contribution in [0.4, 0.5) is 4.39 Å². The van der Waals surface area contributed by atoms with Gasteiger partial charge in [0, 0.05) is 15.6 Å². The molecule has 2 nitrogen and oxygen atoms in total. The maximum Gasteiger partial charge on any atom is 0.176 e. The second-order valence-electron chi connectivity index (χ2n) is 3.50. The van der Waals surface area contributed by atoms with Crippen LogP contribution in [-0.4, -0.2) is 16.5 Å². The number of Topliss-reactive ketones (excluding diaryl/α,β-unsaturated/α-hetero) is 1. The number of pyridine rings is 1. The zero-order valence-electron chi connectivity index (χ0n) is 9.27. The monoisotopic (exact) mass is 325 g/mol. The van der Waals surface area contributed by atoms with E-state index in [0.29, 0.717) is 0 Å². The van der Waals surface area contributed by atoms with Gasteiger partial charge in [0.2, 0.25) is 0 Å². The molecule has 18 heavy (non-hydrogen) atoms. The molecule has 0 aliphatic rings. The fourth-order valence-corrected chi connectivity index (χ4v) is 2.84. The van der Waals surface area contributed by atoms with Crippen LogP contribution in [0.1, 0.15) is 10.4 Å². The number of nitrogens with zero attached hydrogens (tertiary/aromatic N) is 1. The molecule has 5 heteroatoms. The zero-order chi connectivity index (χ0) is 13.0. The lowest BCUT2D eigenvalue weighted by atomic mass is 10.2. The largest absolute Gasteiger partial charge is 0.293 e. The van der Waals surface area contributed by atoms with E-state index in [9.17, 15) is 9.18 Å². The van der Waals surface area contributed by atoms with Crippen LogP contribution in [-0.2, 0) is 0 Å². The summed E-state index contributed by atoms with van der Waals surface area (Å²) in [5.74, 6) is -0.616. The minimum absolute atomic E-state index is 0.0875. The standard InChI is InChI=1S/C13H9BrFNOS/c14-10-3-1-2-4-13(10)18-8-12(17)9-5-6-16-7-11(9)15/h1-7H,8H2. The summed E-state index contributed by atoms with van der Waals surface area (Å²) in [4.78, 5) is 16.4. The second-order valence-corrected chi connectivity index (χ2v) is 5.37. The molecule has 0 aliphatic heterocycles. The van der Waals surface area contributed by atoms with Crippen LogP contribution < -0.4 is 0 Å². The smallest absolute Gasteiger partial charge is 0.176 e. The summed E-state index contributed by atoms with van der Waals surface area (Å²) in [5, 5.41) is 0. The minimum Gasteiger partial charge on any atom is -0.293 e. The first-order valence-corrected chi connectivity index (χ1v) is 6.96. The molecule has 1 heterocycles. The van der Waals surface area contributed by atoms with Crippen molar-refractivity contribution < 1.29 is 9.18 Å². The molecule has 0 amide bonds. The molecule has 1 aromatic heterocycles. The molecule has 0 unspecified atom stereocenters. The van der Waals surface area contributed by atoms with Crippen LogP contribution in [0.5, 0.6) is 0 Å². The van der Waals surface area contributed by atoms with Crippen LogP contribution in [0.25, 0.3) is 0 Å². The lowest BCUT2D eigenvalue weighted by Crippen LogP contribution is -2.05.